The van der Waals surface area contributed by atoms with E-state index in [1.54, 1.807) is 7.05 Å². The minimum atomic E-state index is -0.498. The van der Waals surface area contributed by atoms with E-state index >= 15 is 0 Å². The van der Waals surface area contributed by atoms with Crippen LogP contribution < -0.4 is 16.1 Å². The van der Waals surface area contributed by atoms with Gasteiger partial charge in [-0.2, -0.15) is 4.98 Å². The van der Waals surface area contributed by atoms with Gasteiger partial charge in [0.2, 0.25) is 5.95 Å². The molecular formula is C25H26N6O3. The highest BCUT2D eigenvalue weighted by molar-refractivity contribution is 5.94. The van der Waals surface area contributed by atoms with Gasteiger partial charge in [-0.3, -0.25) is 23.7 Å². The average molecular weight is 459 g/mol. The van der Waals surface area contributed by atoms with Gasteiger partial charge in [0.05, 0.1) is 6.54 Å². The van der Waals surface area contributed by atoms with Crippen LogP contribution in [0.25, 0.3) is 11.2 Å². The van der Waals surface area contributed by atoms with Gasteiger partial charge in [0.1, 0.15) is 0 Å². The maximum atomic E-state index is 12.8. The maximum absolute atomic E-state index is 12.8. The van der Waals surface area contributed by atoms with E-state index in [0.29, 0.717) is 55.4 Å². The van der Waals surface area contributed by atoms with Crippen molar-refractivity contribution in [3.05, 3.63) is 92.1 Å². The molecule has 4 aromatic rings. The predicted octanol–water partition coefficient (Wildman–Crippen LogP) is 1.74. The molecule has 0 radical (unpaired) electrons. The number of hydrogen-bond donors (Lipinski definition) is 1. The summed E-state index contributed by atoms with van der Waals surface area (Å²) in [6.45, 7) is 4.69. The Morgan fingerprint density at radius 1 is 0.971 bits per heavy atom. The summed E-state index contributed by atoms with van der Waals surface area (Å²) in [5, 5.41) is 0. The Bertz CT molecular complexity index is 1460. The number of H-pyrrole nitrogens is 1. The van der Waals surface area contributed by atoms with Crippen molar-refractivity contribution in [2.45, 2.75) is 13.5 Å². The summed E-state index contributed by atoms with van der Waals surface area (Å²) in [6, 6.07) is 17.4. The van der Waals surface area contributed by atoms with Crippen LogP contribution in [-0.2, 0) is 13.6 Å². The number of hydrogen-bond acceptors (Lipinski definition) is 5. The van der Waals surface area contributed by atoms with Crippen LogP contribution in [0.5, 0.6) is 0 Å². The third kappa shape index (κ3) is 3.89. The Morgan fingerprint density at radius 3 is 2.32 bits per heavy atom. The highest BCUT2D eigenvalue weighted by Gasteiger charge is 2.27. The van der Waals surface area contributed by atoms with Gasteiger partial charge in [0.15, 0.2) is 11.2 Å². The third-order valence-corrected chi connectivity index (χ3v) is 6.32. The number of nitrogens with one attached hydrogen (secondary N) is 1. The molecule has 1 fully saturated rings. The molecular weight excluding hydrogens is 432 g/mol. The molecule has 0 aliphatic carbocycles. The van der Waals surface area contributed by atoms with Crippen molar-refractivity contribution in [2.75, 3.05) is 31.1 Å². The number of carbonyl (C=O) groups excluding carboxylic acids is 1. The first-order valence-corrected chi connectivity index (χ1v) is 11.3. The molecule has 9 nitrogen and oxygen atoms in total. The second-order valence-electron chi connectivity index (χ2n) is 8.62. The molecule has 3 heterocycles. The van der Waals surface area contributed by atoms with Gasteiger partial charge in [-0.05, 0) is 24.6 Å². The summed E-state index contributed by atoms with van der Waals surface area (Å²) in [6.07, 6.45) is 0. The van der Waals surface area contributed by atoms with Gasteiger partial charge in [-0.25, -0.2) is 4.79 Å². The first-order chi connectivity index (χ1) is 16.4. The van der Waals surface area contributed by atoms with E-state index in [-0.39, 0.29) is 5.91 Å². The van der Waals surface area contributed by atoms with Crippen LogP contribution in [0.2, 0.25) is 0 Å². The van der Waals surface area contributed by atoms with E-state index < -0.39 is 11.2 Å². The molecule has 1 amide bonds. The Labute approximate surface area is 195 Å². The Hall–Kier alpha value is -4.14. The summed E-state index contributed by atoms with van der Waals surface area (Å²) in [4.78, 5) is 48.9. The van der Waals surface area contributed by atoms with Crippen LogP contribution in [0.3, 0.4) is 0 Å². The number of aryl methyl sites for hydroxylation is 2. The molecule has 1 aliphatic rings. The first kappa shape index (κ1) is 21.7. The van der Waals surface area contributed by atoms with Crippen LogP contribution in [0.15, 0.2) is 64.2 Å². The summed E-state index contributed by atoms with van der Waals surface area (Å²) in [5.74, 6) is 0.626. The second-order valence-corrected chi connectivity index (χ2v) is 8.62. The van der Waals surface area contributed by atoms with Crippen LogP contribution >= 0.6 is 0 Å². The van der Waals surface area contributed by atoms with E-state index in [1.807, 2.05) is 71.0 Å². The molecule has 0 saturated carbocycles. The fraction of sp³-hybridized carbons (Fsp3) is 0.280. The number of fused-ring (bicyclic) bond motifs is 1. The van der Waals surface area contributed by atoms with Gasteiger partial charge >= 0.3 is 5.69 Å². The number of piperazine rings is 1. The number of nitrogens with zero attached hydrogens (tertiary/aromatic N) is 5. The summed E-state index contributed by atoms with van der Waals surface area (Å²) >= 11 is 0. The van der Waals surface area contributed by atoms with Crippen LogP contribution in [-0.4, -0.2) is 56.1 Å². The zero-order valence-electron chi connectivity index (χ0n) is 19.2. The Morgan fingerprint density at radius 2 is 1.65 bits per heavy atom. The summed E-state index contributed by atoms with van der Waals surface area (Å²) in [5.41, 5.74) is 2.60. The molecule has 9 heteroatoms. The van der Waals surface area contributed by atoms with Crippen molar-refractivity contribution >= 4 is 23.0 Å². The topological polar surface area (TPSA) is 96.2 Å². The van der Waals surface area contributed by atoms with Crippen LogP contribution in [0, 0.1) is 6.92 Å². The number of benzene rings is 2. The lowest BCUT2D eigenvalue weighted by Crippen LogP contribution is -2.49. The number of amides is 1. The molecule has 0 unspecified atom stereocenters. The minimum Gasteiger partial charge on any atom is -0.339 e. The molecule has 0 bridgehead atoms. The normalized spacial score (nSPS) is 14.1. The molecule has 1 aliphatic heterocycles. The highest BCUT2D eigenvalue weighted by atomic mass is 16.2. The van der Waals surface area contributed by atoms with Crippen molar-refractivity contribution in [1.82, 2.24) is 24.0 Å². The van der Waals surface area contributed by atoms with Crippen molar-refractivity contribution in [1.29, 1.82) is 0 Å². The lowest BCUT2D eigenvalue weighted by Gasteiger charge is -2.35. The predicted molar refractivity (Wildman–Crippen MR) is 130 cm³/mol. The largest absolute Gasteiger partial charge is 0.339 e. The van der Waals surface area contributed by atoms with E-state index in [4.69, 9.17) is 4.98 Å². The Kier molecular flexibility index (Phi) is 5.53. The fourth-order valence-corrected chi connectivity index (χ4v) is 4.36. The molecule has 2 aromatic heterocycles. The lowest BCUT2D eigenvalue weighted by atomic mass is 10.1. The molecule has 174 valence electrons. The first-order valence-electron chi connectivity index (χ1n) is 11.3. The second kappa shape index (κ2) is 8.66. The van der Waals surface area contributed by atoms with Gasteiger partial charge in [0.25, 0.3) is 11.5 Å². The molecule has 2 aromatic carbocycles. The standard InChI is InChI=1S/C25H26N6O3/c1-17-8-10-18(11-9-17)16-31-20-21(28(2)25(34)27-22(20)32)26-24(31)30-14-12-29(13-15-30)23(33)19-6-4-3-5-7-19/h3-11H,12-16H2,1-2H3,(H,27,32,34). The maximum Gasteiger partial charge on any atom is 0.329 e. The number of aromatic amines is 1. The number of anilines is 1. The van der Waals surface area contributed by atoms with E-state index in [1.165, 1.54) is 4.57 Å². The average Bonchev–Trinajstić information content (AvgIpc) is 3.24. The van der Waals surface area contributed by atoms with Crippen LogP contribution in [0.4, 0.5) is 5.95 Å². The molecule has 34 heavy (non-hydrogen) atoms. The quantitative estimate of drug-likeness (QED) is 0.503. The lowest BCUT2D eigenvalue weighted by molar-refractivity contribution is 0.0746. The molecule has 0 atom stereocenters. The van der Waals surface area contributed by atoms with E-state index in [2.05, 4.69) is 9.88 Å². The molecule has 1 saturated heterocycles. The zero-order valence-corrected chi connectivity index (χ0v) is 19.2. The van der Waals surface area contributed by atoms with Crippen molar-refractivity contribution in [3.63, 3.8) is 0 Å². The van der Waals surface area contributed by atoms with Crippen LogP contribution in [0.1, 0.15) is 21.5 Å². The molecule has 1 N–H and O–H groups in total. The minimum absolute atomic E-state index is 0.00671. The summed E-state index contributed by atoms with van der Waals surface area (Å²) in [7, 11) is 1.60. The van der Waals surface area contributed by atoms with Gasteiger partial charge in [0, 0.05) is 38.8 Å². The number of aromatic nitrogens is 4. The molecule has 0 spiro atoms. The SMILES string of the molecule is Cc1ccc(Cn2c(N3CCN(C(=O)c4ccccc4)CC3)nc3c2c(=O)[nH]c(=O)n3C)cc1. The Balaban J connectivity index is 1.49. The highest BCUT2D eigenvalue weighted by Crippen LogP contribution is 2.23. The number of imidazole rings is 1. The summed E-state index contributed by atoms with van der Waals surface area (Å²) < 4.78 is 3.23. The van der Waals surface area contributed by atoms with Gasteiger partial charge < -0.3 is 9.80 Å². The zero-order chi connectivity index (χ0) is 23.8. The number of rotatable bonds is 4. The van der Waals surface area contributed by atoms with Crippen molar-refractivity contribution < 1.29 is 4.79 Å². The fourth-order valence-electron chi connectivity index (χ4n) is 4.36. The smallest absolute Gasteiger partial charge is 0.329 e. The van der Waals surface area contributed by atoms with Gasteiger partial charge in [-0.15, -0.1) is 0 Å². The van der Waals surface area contributed by atoms with E-state index in [9.17, 15) is 14.4 Å². The third-order valence-electron chi connectivity index (χ3n) is 6.32. The van der Waals surface area contributed by atoms with Gasteiger partial charge in [-0.1, -0.05) is 48.0 Å². The van der Waals surface area contributed by atoms with Crippen molar-refractivity contribution in [3.8, 4) is 0 Å². The molecule has 5 rings (SSSR count). The monoisotopic (exact) mass is 458 g/mol. The van der Waals surface area contributed by atoms with E-state index in [0.717, 1.165) is 11.1 Å². The van der Waals surface area contributed by atoms with Crippen molar-refractivity contribution in [2.24, 2.45) is 7.05 Å². The number of carbonyl (C=O) groups is 1.